The van der Waals surface area contributed by atoms with Gasteiger partial charge < -0.3 is 10.3 Å². The lowest BCUT2D eigenvalue weighted by atomic mass is 10.2. The first kappa shape index (κ1) is 19.8. The van der Waals surface area contributed by atoms with Crippen molar-refractivity contribution < 1.29 is 4.79 Å². The van der Waals surface area contributed by atoms with Crippen molar-refractivity contribution in [1.29, 1.82) is 0 Å². The minimum absolute atomic E-state index is 0.138. The third-order valence-corrected chi connectivity index (χ3v) is 4.87. The number of rotatable bonds is 6. The predicted octanol–water partition coefficient (Wildman–Crippen LogP) is 4.03. The minimum atomic E-state index is -0.166. The van der Waals surface area contributed by atoms with Gasteiger partial charge in [0.2, 0.25) is 5.91 Å². The number of anilines is 1. The molecule has 0 aliphatic rings. The van der Waals surface area contributed by atoms with Gasteiger partial charge in [0.05, 0.1) is 22.3 Å². The number of nitrogens with zero attached hydrogens (tertiary/aromatic N) is 3. The molecule has 8 heteroatoms. The van der Waals surface area contributed by atoms with Crippen LogP contribution in [0.25, 0.3) is 16.6 Å². The molecule has 0 saturated heterocycles. The van der Waals surface area contributed by atoms with E-state index < -0.39 is 0 Å². The summed E-state index contributed by atoms with van der Waals surface area (Å²) in [4.78, 5) is 31.9. The molecule has 0 saturated carbocycles. The second-order valence-corrected chi connectivity index (χ2v) is 7.43. The summed E-state index contributed by atoms with van der Waals surface area (Å²) in [5.74, 6) is 1.02. The minimum Gasteiger partial charge on any atom is -0.311 e. The van der Waals surface area contributed by atoms with Gasteiger partial charge in [-0.2, -0.15) is 5.10 Å². The highest BCUT2D eigenvalue weighted by Gasteiger charge is 2.12. The highest BCUT2D eigenvalue weighted by Crippen LogP contribution is 2.20. The maximum absolute atomic E-state index is 12.5. The Labute approximate surface area is 177 Å². The third kappa shape index (κ3) is 4.41. The number of hydrogen-bond acceptors (Lipinski definition) is 4. The molecule has 0 atom stereocenters. The lowest BCUT2D eigenvalue weighted by Crippen LogP contribution is -2.16. The maximum atomic E-state index is 12.5. The number of hydrogen-bond donors (Lipinski definition) is 2. The number of carbonyl (C=O) groups excluding carboxylic acids is 1. The van der Waals surface area contributed by atoms with Crippen LogP contribution in [0.2, 0.25) is 5.02 Å². The van der Waals surface area contributed by atoms with Gasteiger partial charge in [0, 0.05) is 23.9 Å². The van der Waals surface area contributed by atoms with Crippen LogP contribution >= 0.6 is 11.6 Å². The van der Waals surface area contributed by atoms with Gasteiger partial charge in [-0.15, -0.1) is 0 Å². The number of para-hydroxylation sites is 1. The van der Waals surface area contributed by atoms with Crippen molar-refractivity contribution in [2.24, 2.45) is 0 Å². The number of benzene rings is 2. The number of aromatic nitrogens is 4. The molecule has 0 aliphatic carbocycles. The molecular formula is C22H20ClN5O2. The molecule has 30 heavy (non-hydrogen) atoms. The van der Waals surface area contributed by atoms with E-state index in [1.54, 1.807) is 41.1 Å². The van der Waals surface area contributed by atoms with Crippen LogP contribution in [0.1, 0.15) is 24.4 Å². The van der Waals surface area contributed by atoms with E-state index in [0.717, 1.165) is 11.4 Å². The zero-order valence-electron chi connectivity index (χ0n) is 16.4. The van der Waals surface area contributed by atoms with Gasteiger partial charge in [-0.1, -0.05) is 29.8 Å². The molecule has 2 heterocycles. The fraction of sp³-hybridized carbons (Fsp3) is 0.182. The van der Waals surface area contributed by atoms with E-state index in [1.165, 1.54) is 0 Å². The summed E-state index contributed by atoms with van der Waals surface area (Å²) < 4.78 is 1.65. The van der Waals surface area contributed by atoms with Gasteiger partial charge >= 0.3 is 0 Å². The monoisotopic (exact) mass is 421 g/mol. The molecule has 1 amide bonds. The Hall–Kier alpha value is -3.45. The van der Waals surface area contributed by atoms with E-state index in [2.05, 4.69) is 20.4 Å². The largest absolute Gasteiger partial charge is 0.311 e. The molecule has 4 aromatic rings. The molecule has 2 aromatic heterocycles. The lowest BCUT2D eigenvalue weighted by Gasteiger charge is -2.09. The molecule has 0 bridgehead atoms. The Morgan fingerprint density at radius 2 is 2.00 bits per heavy atom. The highest BCUT2D eigenvalue weighted by molar-refractivity contribution is 6.30. The van der Waals surface area contributed by atoms with Crippen LogP contribution in [0.5, 0.6) is 0 Å². The lowest BCUT2D eigenvalue weighted by molar-refractivity contribution is -0.116. The fourth-order valence-electron chi connectivity index (χ4n) is 3.27. The van der Waals surface area contributed by atoms with E-state index in [0.29, 0.717) is 40.4 Å². The zero-order valence-corrected chi connectivity index (χ0v) is 17.1. The quantitative estimate of drug-likeness (QED) is 0.491. The molecule has 2 N–H and O–H groups in total. The van der Waals surface area contributed by atoms with E-state index in [1.807, 2.05) is 25.1 Å². The molecule has 0 unspecified atom stereocenters. The summed E-state index contributed by atoms with van der Waals surface area (Å²) in [6, 6.07) is 16.3. The third-order valence-electron chi connectivity index (χ3n) is 4.63. The zero-order chi connectivity index (χ0) is 21.1. The first-order valence-corrected chi connectivity index (χ1v) is 9.98. The average Bonchev–Trinajstić information content (AvgIpc) is 3.08. The van der Waals surface area contributed by atoms with Crippen LogP contribution in [0.4, 0.5) is 5.82 Å². The fourth-order valence-corrected chi connectivity index (χ4v) is 3.45. The summed E-state index contributed by atoms with van der Waals surface area (Å²) >= 11 is 6.07. The summed E-state index contributed by atoms with van der Waals surface area (Å²) in [5.41, 5.74) is 2.04. The van der Waals surface area contributed by atoms with Crippen LogP contribution < -0.4 is 10.9 Å². The first-order valence-electron chi connectivity index (χ1n) is 9.60. The Balaban J connectivity index is 1.41. The molecule has 0 radical (unpaired) electrons. The number of carbonyl (C=O) groups is 1. The molecule has 0 spiro atoms. The van der Waals surface area contributed by atoms with Gasteiger partial charge in [0.15, 0.2) is 0 Å². The van der Waals surface area contributed by atoms with Gasteiger partial charge in [0.1, 0.15) is 11.6 Å². The summed E-state index contributed by atoms with van der Waals surface area (Å²) in [7, 11) is 0. The van der Waals surface area contributed by atoms with Crippen molar-refractivity contribution in [3.05, 3.63) is 81.5 Å². The van der Waals surface area contributed by atoms with Crippen LogP contribution in [-0.4, -0.2) is 25.7 Å². The number of aryl methyl sites for hydroxylation is 2. The van der Waals surface area contributed by atoms with Crippen molar-refractivity contribution >= 4 is 34.2 Å². The first-order chi connectivity index (χ1) is 14.5. The Morgan fingerprint density at radius 3 is 2.83 bits per heavy atom. The Kier molecular flexibility index (Phi) is 5.63. The van der Waals surface area contributed by atoms with Gasteiger partial charge in [-0.3, -0.25) is 9.59 Å². The maximum Gasteiger partial charge on any atom is 0.258 e. The second kappa shape index (κ2) is 8.51. The molecule has 152 valence electrons. The van der Waals surface area contributed by atoms with Crippen LogP contribution in [-0.2, 0) is 11.2 Å². The molecule has 2 aromatic carbocycles. The van der Waals surface area contributed by atoms with E-state index in [4.69, 9.17) is 11.6 Å². The SMILES string of the molecule is Cc1cc(NC(=O)CCCc2nc3ccccc3c(=O)[nH]2)n(-c2cccc(Cl)c2)n1. The highest BCUT2D eigenvalue weighted by atomic mass is 35.5. The Morgan fingerprint density at radius 1 is 1.17 bits per heavy atom. The van der Waals surface area contributed by atoms with Gasteiger partial charge in [-0.05, 0) is 43.7 Å². The number of aromatic amines is 1. The van der Waals surface area contributed by atoms with Crippen molar-refractivity contribution in [2.75, 3.05) is 5.32 Å². The van der Waals surface area contributed by atoms with E-state index in [-0.39, 0.29) is 17.9 Å². The van der Waals surface area contributed by atoms with Crippen molar-refractivity contribution in [1.82, 2.24) is 19.7 Å². The standard InChI is InChI=1S/C22H20ClN5O2/c1-14-12-20(28(27-14)16-7-4-6-15(23)13-16)26-21(29)11-5-10-19-24-18-9-3-2-8-17(18)22(30)25-19/h2-4,6-9,12-13H,5,10-11H2,1H3,(H,26,29)(H,24,25,30). The van der Waals surface area contributed by atoms with Crippen LogP contribution in [0.3, 0.4) is 0 Å². The number of H-pyrrole nitrogens is 1. The number of halogens is 1. The molecular weight excluding hydrogens is 402 g/mol. The molecule has 0 aliphatic heterocycles. The molecule has 4 rings (SSSR count). The van der Waals surface area contributed by atoms with Crippen LogP contribution in [0, 0.1) is 6.92 Å². The van der Waals surface area contributed by atoms with Crippen molar-refractivity contribution in [3.63, 3.8) is 0 Å². The van der Waals surface area contributed by atoms with Crippen molar-refractivity contribution in [3.8, 4) is 5.69 Å². The van der Waals surface area contributed by atoms with E-state index >= 15 is 0 Å². The number of fused-ring (bicyclic) bond motifs is 1. The van der Waals surface area contributed by atoms with Crippen molar-refractivity contribution in [2.45, 2.75) is 26.2 Å². The summed E-state index contributed by atoms with van der Waals surface area (Å²) in [6.45, 7) is 1.86. The summed E-state index contributed by atoms with van der Waals surface area (Å²) in [5, 5.41) is 8.49. The second-order valence-electron chi connectivity index (χ2n) is 6.99. The Bertz CT molecular complexity index is 1280. The average molecular weight is 422 g/mol. The normalized spacial score (nSPS) is 11.0. The van der Waals surface area contributed by atoms with Gasteiger partial charge in [0.25, 0.3) is 5.56 Å². The smallest absolute Gasteiger partial charge is 0.258 e. The number of amides is 1. The molecule has 0 fully saturated rings. The predicted molar refractivity (Wildman–Crippen MR) is 117 cm³/mol. The topological polar surface area (TPSA) is 92.7 Å². The van der Waals surface area contributed by atoms with E-state index in [9.17, 15) is 9.59 Å². The van der Waals surface area contributed by atoms with Gasteiger partial charge in [-0.25, -0.2) is 9.67 Å². The summed E-state index contributed by atoms with van der Waals surface area (Å²) in [6.07, 6.45) is 1.34. The van der Waals surface area contributed by atoms with Crippen LogP contribution in [0.15, 0.2) is 59.4 Å². The molecule has 7 nitrogen and oxygen atoms in total. The number of nitrogens with one attached hydrogen (secondary N) is 2.